The van der Waals surface area contributed by atoms with Gasteiger partial charge in [0.15, 0.2) is 5.82 Å². The van der Waals surface area contributed by atoms with Crippen LogP contribution in [0.3, 0.4) is 0 Å². The molecule has 2 aliphatic heterocycles. The van der Waals surface area contributed by atoms with Gasteiger partial charge in [-0.3, -0.25) is 14.7 Å². The molecule has 7 nitrogen and oxygen atoms in total. The van der Waals surface area contributed by atoms with Crippen molar-refractivity contribution in [1.29, 1.82) is 0 Å². The van der Waals surface area contributed by atoms with Crippen molar-refractivity contribution in [3.63, 3.8) is 0 Å². The summed E-state index contributed by atoms with van der Waals surface area (Å²) in [5.74, 6) is 2.60. The molecule has 184 valence electrons. The molecular formula is C28H35N5O2. The largest absolute Gasteiger partial charge is 0.326 e. The smallest absolute Gasteiger partial charge is 0.319 e. The van der Waals surface area contributed by atoms with Crippen LogP contribution >= 0.6 is 0 Å². The molecule has 4 aliphatic rings. The van der Waals surface area contributed by atoms with Gasteiger partial charge in [0.1, 0.15) is 0 Å². The molecule has 4 heterocycles. The average molecular weight is 474 g/mol. The standard InChI is InChI=1S/C28H35N5O2/c34-26-16-24(30-28(35)31-26)27-29-23-9-1-2-10-25(23)33(27)22-14-19-7-4-8-20(15-22)32(19)21-12-17-5-3-6-18(11-17)13-21/h1-2,9-10,16-22H,3-8,11-15H2,(H2,30,31,34,35)/t17-,18+,19-,20+,21?,22?. The Morgan fingerprint density at radius 2 is 1.49 bits per heavy atom. The van der Waals surface area contributed by atoms with E-state index in [4.69, 9.17) is 4.98 Å². The monoisotopic (exact) mass is 473 g/mol. The first kappa shape index (κ1) is 21.6. The van der Waals surface area contributed by atoms with E-state index in [9.17, 15) is 9.59 Å². The van der Waals surface area contributed by atoms with Gasteiger partial charge in [0.2, 0.25) is 0 Å². The first-order valence-corrected chi connectivity index (χ1v) is 13.7. The van der Waals surface area contributed by atoms with E-state index in [1.807, 2.05) is 12.1 Å². The number of H-pyrrole nitrogens is 2. The normalized spacial score (nSPS) is 33.1. The van der Waals surface area contributed by atoms with E-state index in [-0.39, 0.29) is 0 Å². The van der Waals surface area contributed by atoms with Gasteiger partial charge < -0.3 is 9.55 Å². The Balaban J connectivity index is 1.26. The van der Waals surface area contributed by atoms with Crippen LogP contribution in [0, 0.1) is 11.8 Å². The molecule has 2 N–H and O–H groups in total. The number of piperidine rings is 2. The second-order valence-corrected chi connectivity index (χ2v) is 11.6. The molecule has 35 heavy (non-hydrogen) atoms. The number of aromatic nitrogens is 4. The summed E-state index contributed by atoms with van der Waals surface area (Å²) in [5.41, 5.74) is 1.63. The number of aromatic amines is 2. The van der Waals surface area contributed by atoms with Crippen molar-refractivity contribution in [2.24, 2.45) is 11.8 Å². The van der Waals surface area contributed by atoms with Gasteiger partial charge in [-0.25, -0.2) is 9.78 Å². The van der Waals surface area contributed by atoms with Crippen molar-refractivity contribution in [3.8, 4) is 11.5 Å². The number of imidazole rings is 1. The number of para-hydroxylation sites is 2. The van der Waals surface area contributed by atoms with E-state index in [1.54, 1.807) is 0 Å². The van der Waals surface area contributed by atoms with Crippen molar-refractivity contribution in [2.75, 3.05) is 0 Å². The third kappa shape index (κ3) is 3.79. The van der Waals surface area contributed by atoms with Crippen LogP contribution in [0.2, 0.25) is 0 Å². The van der Waals surface area contributed by atoms with Gasteiger partial charge in [-0.15, -0.1) is 0 Å². The molecule has 1 aromatic carbocycles. The van der Waals surface area contributed by atoms with Crippen LogP contribution in [0.4, 0.5) is 0 Å². The predicted molar refractivity (Wildman–Crippen MR) is 136 cm³/mol. The lowest BCUT2D eigenvalue weighted by atomic mass is 9.68. The van der Waals surface area contributed by atoms with Crippen molar-refractivity contribution >= 4 is 11.0 Å². The third-order valence-electron chi connectivity index (χ3n) is 9.49. The highest BCUT2D eigenvalue weighted by molar-refractivity contribution is 5.80. The Hall–Kier alpha value is -2.67. The molecule has 0 amide bonds. The summed E-state index contributed by atoms with van der Waals surface area (Å²) < 4.78 is 2.33. The van der Waals surface area contributed by atoms with E-state index in [1.165, 1.54) is 63.9 Å². The Bertz CT molecular complexity index is 1300. The van der Waals surface area contributed by atoms with Gasteiger partial charge in [0.25, 0.3) is 5.56 Å². The van der Waals surface area contributed by atoms with Crippen molar-refractivity contribution in [1.82, 2.24) is 24.4 Å². The Morgan fingerprint density at radius 1 is 0.771 bits per heavy atom. The third-order valence-corrected chi connectivity index (χ3v) is 9.49. The first-order valence-electron chi connectivity index (χ1n) is 13.7. The second kappa shape index (κ2) is 8.47. The van der Waals surface area contributed by atoms with E-state index in [2.05, 4.69) is 31.6 Å². The Kier molecular flexibility index (Phi) is 5.23. The zero-order chi connectivity index (χ0) is 23.5. The number of rotatable bonds is 3. The van der Waals surface area contributed by atoms with Crippen molar-refractivity contribution < 1.29 is 0 Å². The maximum absolute atomic E-state index is 12.1. The fraction of sp³-hybridized carbons (Fsp3) is 0.607. The average Bonchev–Trinajstić information content (AvgIpc) is 3.22. The van der Waals surface area contributed by atoms with E-state index in [0.29, 0.717) is 29.6 Å². The number of nitrogens with zero attached hydrogens (tertiary/aromatic N) is 3. The SMILES string of the molecule is O=c1cc(-c2nc3ccccc3n2C2C[C@H]3CCC[C@@H](C2)N3C2C[C@H]3CCC[C@@H](C2)C3)[nH]c(=O)[nH]1. The second-order valence-electron chi connectivity index (χ2n) is 11.6. The lowest BCUT2D eigenvalue weighted by Gasteiger charge is -2.55. The minimum absolute atomic E-state index is 0.315. The highest BCUT2D eigenvalue weighted by Crippen LogP contribution is 2.48. The summed E-state index contributed by atoms with van der Waals surface area (Å²) in [6.45, 7) is 0. The summed E-state index contributed by atoms with van der Waals surface area (Å²) in [5, 5.41) is 0. The van der Waals surface area contributed by atoms with Gasteiger partial charge in [-0.05, 0) is 68.9 Å². The molecule has 2 saturated heterocycles. The summed E-state index contributed by atoms with van der Waals surface area (Å²) in [6, 6.07) is 12.0. The van der Waals surface area contributed by atoms with E-state index < -0.39 is 11.2 Å². The maximum Gasteiger partial charge on any atom is 0.326 e. The Labute approximate surface area is 205 Å². The molecule has 4 fully saturated rings. The van der Waals surface area contributed by atoms with Crippen LogP contribution < -0.4 is 11.2 Å². The molecule has 3 aromatic rings. The highest BCUT2D eigenvalue weighted by atomic mass is 16.2. The highest BCUT2D eigenvalue weighted by Gasteiger charge is 2.45. The van der Waals surface area contributed by atoms with Crippen molar-refractivity contribution in [2.45, 2.75) is 94.8 Å². The number of nitrogens with one attached hydrogen (secondary N) is 2. The minimum atomic E-state index is -0.486. The number of hydrogen-bond donors (Lipinski definition) is 2. The number of benzene rings is 1. The van der Waals surface area contributed by atoms with Gasteiger partial charge in [-0.1, -0.05) is 37.8 Å². The van der Waals surface area contributed by atoms with Gasteiger partial charge in [-0.2, -0.15) is 0 Å². The number of fused-ring (bicyclic) bond motifs is 5. The molecule has 0 spiro atoms. The van der Waals surface area contributed by atoms with Gasteiger partial charge >= 0.3 is 5.69 Å². The number of hydrogen-bond acceptors (Lipinski definition) is 4. The van der Waals surface area contributed by atoms with Gasteiger partial charge in [0, 0.05) is 30.2 Å². The summed E-state index contributed by atoms with van der Waals surface area (Å²) in [7, 11) is 0. The maximum atomic E-state index is 12.1. The molecule has 4 bridgehead atoms. The summed E-state index contributed by atoms with van der Waals surface area (Å²) in [6.07, 6.45) is 14.7. The Morgan fingerprint density at radius 3 is 2.23 bits per heavy atom. The molecule has 7 heteroatoms. The van der Waals surface area contributed by atoms with Crippen LogP contribution in [0.15, 0.2) is 39.9 Å². The molecule has 2 aromatic heterocycles. The van der Waals surface area contributed by atoms with Crippen LogP contribution in [-0.4, -0.2) is 42.5 Å². The quantitative estimate of drug-likeness (QED) is 0.582. The molecule has 2 saturated carbocycles. The van der Waals surface area contributed by atoms with Crippen LogP contribution in [0.1, 0.15) is 76.7 Å². The van der Waals surface area contributed by atoms with Crippen LogP contribution in [0.25, 0.3) is 22.6 Å². The summed E-state index contributed by atoms with van der Waals surface area (Å²) >= 11 is 0. The lowest BCUT2D eigenvalue weighted by molar-refractivity contribution is -0.0480. The first-order chi connectivity index (χ1) is 17.1. The fourth-order valence-corrected chi connectivity index (χ4v) is 8.33. The molecule has 0 radical (unpaired) electrons. The van der Waals surface area contributed by atoms with Gasteiger partial charge in [0.05, 0.1) is 16.7 Å². The zero-order valence-electron chi connectivity index (χ0n) is 20.3. The molecule has 6 atom stereocenters. The molecular weight excluding hydrogens is 438 g/mol. The topological polar surface area (TPSA) is 86.8 Å². The van der Waals surface area contributed by atoms with Crippen molar-refractivity contribution in [3.05, 3.63) is 51.2 Å². The van der Waals surface area contributed by atoms with E-state index in [0.717, 1.165) is 41.8 Å². The molecule has 2 aliphatic carbocycles. The predicted octanol–water partition coefficient (Wildman–Crippen LogP) is 4.61. The molecule has 2 unspecified atom stereocenters. The lowest BCUT2D eigenvalue weighted by Crippen LogP contribution is -2.58. The van der Waals surface area contributed by atoms with E-state index >= 15 is 0 Å². The zero-order valence-corrected chi connectivity index (χ0v) is 20.3. The fourth-order valence-electron chi connectivity index (χ4n) is 8.33. The summed E-state index contributed by atoms with van der Waals surface area (Å²) in [4.78, 5) is 37.2. The van der Waals surface area contributed by atoms with Crippen LogP contribution in [0.5, 0.6) is 0 Å². The van der Waals surface area contributed by atoms with Crippen LogP contribution in [-0.2, 0) is 0 Å². The molecule has 7 rings (SSSR count). The minimum Gasteiger partial charge on any atom is -0.319 e.